The van der Waals surface area contributed by atoms with Gasteiger partial charge in [-0.05, 0) is 13.8 Å². The van der Waals surface area contributed by atoms with Gasteiger partial charge in [0, 0.05) is 0 Å². The van der Waals surface area contributed by atoms with Crippen LogP contribution in [0.1, 0.15) is 13.8 Å². The smallest absolute Gasteiger partial charge is 0.117 e. The van der Waals surface area contributed by atoms with Gasteiger partial charge >= 0.3 is 0 Å². The molecule has 0 unspecified atom stereocenters. The van der Waals surface area contributed by atoms with E-state index in [0.717, 1.165) is 0 Å². The first-order chi connectivity index (χ1) is 5.43. The molecule has 0 amide bonds. The molecule has 0 aromatic heterocycles. The molecule has 0 aliphatic carbocycles. The Hall–Kier alpha value is -0.160. The molecule has 12 heavy (non-hydrogen) atoms. The number of aliphatic hydroxyl groups is 2. The third kappa shape index (κ3) is 0.992. The minimum Gasteiger partial charge on any atom is -0.385 e. The highest BCUT2D eigenvalue weighted by atomic mass is 16.6. The van der Waals surface area contributed by atoms with Crippen LogP contribution < -0.4 is 0 Å². The highest BCUT2D eigenvalue weighted by molar-refractivity contribution is 5.06. The van der Waals surface area contributed by atoms with Gasteiger partial charge in [-0.3, -0.25) is 0 Å². The monoisotopic (exact) mass is 174 g/mol. The van der Waals surface area contributed by atoms with E-state index in [1.165, 1.54) is 0 Å². The minimum absolute atomic E-state index is 0.235. The molecule has 2 fully saturated rings. The van der Waals surface area contributed by atoms with Crippen molar-refractivity contribution in [1.29, 1.82) is 0 Å². The number of ether oxygens (including phenoxy) is 2. The molecular formula is C8H14O4. The summed E-state index contributed by atoms with van der Waals surface area (Å²) >= 11 is 0. The summed E-state index contributed by atoms with van der Waals surface area (Å²) in [4.78, 5) is 0. The maximum absolute atomic E-state index is 9.74. The zero-order valence-corrected chi connectivity index (χ0v) is 7.28. The van der Waals surface area contributed by atoms with E-state index in [-0.39, 0.29) is 25.4 Å². The third-order valence-electron chi connectivity index (χ3n) is 2.61. The lowest BCUT2D eigenvalue weighted by atomic mass is 9.93. The topological polar surface area (TPSA) is 58.9 Å². The molecule has 4 atom stereocenters. The number of hydrogen-bond acceptors (Lipinski definition) is 4. The second-order valence-corrected chi connectivity index (χ2v) is 4.18. The Morgan fingerprint density at radius 1 is 1.00 bits per heavy atom. The van der Waals surface area contributed by atoms with Gasteiger partial charge in [0.05, 0.1) is 13.2 Å². The van der Waals surface area contributed by atoms with Gasteiger partial charge < -0.3 is 19.7 Å². The minimum atomic E-state index is -0.953. The highest BCUT2D eigenvalue weighted by Crippen LogP contribution is 2.38. The predicted molar refractivity (Wildman–Crippen MR) is 40.7 cm³/mol. The van der Waals surface area contributed by atoms with Crippen LogP contribution in [0.25, 0.3) is 0 Å². The lowest BCUT2D eigenvalue weighted by Gasteiger charge is -2.22. The van der Waals surface area contributed by atoms with Crippen LogP contribution in [0.4, 0.5) is 0 Å². The van der Waals surface area contributed by atoms with E-state index in [9.17, 15) is 10.2 Å². The fraction of sp³-hybridized carbons (Fsp3) is 1.00. The summed E-state index contributed by atoms with van der Waals surface area (Å²) in [5, 5.41) is 19.5. The van der Waals surface area contributed by atoms with Crippen LogP contribution >= 0.6 is 0 Å². The normalized spacial score (nSPS) is 59.0. The van der Waals surface area contributed by atoms with Gasteiger partial charge in [0.1, 0.15) is 23.4 Å². The van der Waals surface area contributed by atoms with Crippen molar-refractivity contribution in [3.05, 3.63) is 0 Å². The van der Waals surface area contributed by atoms with Crippen LogP contribution in [0.2, 0.25) is 0 Å². The van der Waals surface area contributed by atoms with Crippen molar-refractivity contribution in [2.24, 2.45) is 0 Å². The van der Waals surface area contributed by atoms with Crippen LogP contribution in [0.5, 0.6) is 0 Å². The standard InChI is InChI=1S/C8H14O4/c1-7(9)3-11-6-5(7)12-4-8(6,2)10/h5-6,9-10H,3-4H2,1-2H3/t5-,6-,7-,8+/m0/s1. The van der Waals surface area contributed by atoms with Gasteiger partial charge in [-0.2, -0.15) is 0 Å². The van der Waals surface area contributed by atoms with Crippen LogP contribution in [0, 0.1) is 0 Å². The number of hydrogen-bond donors (Lipinski definition) is 2. The average Bonchev–Trinajstić information content (AvgIpc) is 2.36. The molecule has 0 saturated carbocycles. The molecule has 70 valence electrons. The summed E-state index contributed by atoms with van der Waals surface area (Å²) in [5.74, 6) is 0. The van der Waals surface area contributed by atoms with Gasteiger partial charge in [-0.1, -0.05) is 0 Å². The summed E-state index contributed by atoms with van der Waals surface area (Å²) < 4.78 is 10.6. The molecule has 4 heteroatoms. The number of fused-ring (bicyclic) bond motifs is 1. The molecular weight excluding hydrogens is 160 g/mol. The second kappa shape index (κ2) is 2.20. The molecule has 0 aromatic rings. The van der Waals surface area contributed by atoms with Crippen LogP contribution in [-0.4, -0.2) is 46.8 Å². The summed E-state index contributed by atoms with van der Waals surface area (Å²) in [7, 11) is 0. The Morgan fingerprint density at radius 3 is 1.67 bits per heavy atom. The Morgan fingerprint density at radius 2 is 1.33 bits per heavy atom. The molecule has 2 aliphatic rings. The Bertz CT molecular complexity index is 177. The largest absolute Gasteiger partial charge is 0.385 e. The van der Waals surface area contributed by atoms with Crippen LogP contribution in [-0.2, 0) is 9.47 Å². The lowest BCUT2D eigenvalue weighted by Crippen LogP contribution is -2.44. The van der Waals surface area contributed by atoms with Crippen LogP contribution in [0.3, 0.4) is 0 Å². The molecule has 2 N–H and O–H groups in total. The maximum Gasteiger partial charge on any atom is 0.117 e. The van der Waals surface area contributed by atoms with Gasteiger partial charge in [-0.25, -0.2) is 0 Å². The van der Waals surface area contributed by atoms with E-state index in [4.69, 9.17) is 9.47 Å². The van der Waals surface area contributed by atoms with Crippen molar-refractivity contribution in [2.75, 3.05) is 13.2 Å². The van der Waals surface area contributed by atoms with Gasteiger partial charge in [0.25, 0.3) is 0 Å². The Balaban J connectivity index is 2.23. The molecule has 2 saturated heterocycles. The lowest BCUT2D eigenvalue weighted by molar-refractivity contribution is -0.0761. The summed E-state index contributed by atoms with van der Waals surface area (Å²) in [5.41, 5.74) is -1.91. The maximum atomic E-state index is 9.74. The average molecular weight is 174 g/mol. The van der Waals surface area contributed by atoms with Crippen molar-refractivity contribution >= 4 is 0 Å². The molecule has 2 rings (SSSR count). The van der Waals surface area contributed by atoms with E-state index in [1.54, 1.807) is 13.8 Å². The van der Waals surface area contributed by atoms with Crippen molar-refractivity contribution < 1.29 is 19.7 Å². The van der Waals surface area contributed by atoms with E-state index in [0.29, 0.717) is 0 Å². The van der Waals surface area contributed by atoms with E-state index in [1.807, 2.05) is 0 Å². The van der Waals surface area contributed by atoms with E-state index < -0.39 is 11.2 Å². The highest BCUT2D eigenvalue weighted by Gasteiger charge is 2.58. The van der Waals surface area contributed by atoms with E-state index >= 15 is 0 Å². The fourth-order valence-corrected chi connectivity index (χ4v) is 1.87. The van der Waals surface area contributed by atoms with Gasteiger partial charge in [0.15, 0.2) is 0 Å². The summed E-state index contributed by atoms with van der Waals surface area (Å²) in [6.07, 6.45) is -0.764. The molecule has 0 bridgehead atoms. The molecule has 2 aliphatic heterocycles. The Labute approximate surface area is 71.1 Å². The van der Waals surface area contributed by atoms with Crippen molar-refractivity contribution in [1.82, 2.24) is 0 Å². The van der Waals surface area contributed by atoms with Crippen molar-refractivity contribution in [2.45, 2.75) is 37.3 Å². The van der Waals surface area contributed by atoms with Crippen LogP contribution in [0.15, 0.2) is 0 Å². The Kier molecular flexibility index (Phi) is 1.55. The van der Waals surface area contributed by atoms with Crippen molar-refractivity contribution in [3.8, 4) is 0 Å². The van der Waals surface area contributed by atoms with Gasteiger partial charge in [0.2, 0.25) is 0 Å². The summed E-state index contributed by atoms with van der Waals surface area (Å²) in [6, 6.07) is 0. The SMILES string of the molecule is C[C@]1(O)CO[C@H]2[C@@H]1OC[C@@]2(C)O. The third-order valence-corrected chi connectivity index (χ3v) is 2.61. The van der Waals surface area contributed by atoms with Crippen molar-refractivity contribution in [3.63, 3.8) is 0 Å². The zero-order valence-electron chi connectivity index (χ0n) is 7.28. The van der Waals surface area contributed by atoms with E-state index in [2.05, 4.69) is 0 Å². The first kappa shape index (κ1) is 8.44. The first-order valence-electron chi connectivity index (χ1n) is 4.11. The molecule has 0 aromatic carbocycles. The second-order valence-electron chi connectivity index (χ2n) is 4.18. The summed E-state index contributed by atoms with van der Waals surface area (Å²) in [6.45, 7) is 3.80. The molecule has 2 heterocycles. The number of rotatable bonds is 0. The first-order valence-corrected chi connectivity index (χ1v) is 4.11. The molecule has 0 spiro atoms. The predicted octanol–water partition coefficient (Wildman–Crippen LogP) is -0.714. The molecule has 4 nitrogen and oxygen atoms in total. The fourth-order valence-electron chi connectivity index (χ4n) is 1.87. The molecule has 0 radical (unpaired) electrons. The quantitative estimate of drug-likeness (QED) is 0.509. The zero-order chi connectivity index (χ0) is 8.98. The van der Waals surface area contributed by atoms with Gasteiger partial charge in [-0.15, -0.1) is 0 Å².